The number of hydrogen-bond donors (Lipinski definition) is 0. The van der Waals surface area contributed by atoms with Crippen molar-refractivity contribution in [2.24, 2.45) is 5.92 Å². The molecular weight excluding hydrogens is 332 g/mol. The maximum atomic E-state index is 11.6. The summed E-state index contributed by atoms with van der Waals surface area (Å²) in [6, 6.07) is 4.67. The number of hydrogen-bond acceptors (Lipinski definition) is 4. The van der Waals surface area contributed by atoms with Crippen molar-refractivity contribution in [1.29, 1.82) is 0 Å². The molecule has 2 aliphatic rings. The van der Waals surface area contributed by atoms with E-state index < -0.39 is 9.84 Å². The molecule has 1 aromatic rings. The zero-order valence-electron chi connectivity index (χ0n) is 15.9. The fourth-order valence-corrected chi connectivity index (χ4v) is 5.18. The van der Waals surface area contributed by atoms with E-state index in [1.807, 2.05) is 0 Å². The van der Waals surface area contributed by atoms with Crippen LogP contribution in [0, 0.1) is 19.8 Å². The molecule has 5 heteroatoms. The van der Waals surface area contributed by atoms with E-state index in [-0.39, 0.29) is 0 Å². The van der Waals surface area contributed by atoms with Gasteiger partial charge in [-0.15, -0.1) is 0 Å². The maximum Gasteiger partial charge on any atom is 0.152 e. The van der Waals surface area contributed by atoms with Crippen LogP contribution in [0.4, 0.5) is 0 Å². The average Bonchev–Trinajstić information content (AvgIpc) is 2.56. The highest BCUT2D eigenvalue weighted by molar-refractivity contribution is 7.91. The van der Waals surface area contributed by atoms with E-state index in [1.165, 1.54) is 48.2 Å². The number of likely N-dealkylation sites (tertiary alicyclic amines) is 1. The van der Waals surface area contributed by atoms with Crippen molar-refractivity contribution in [2.75, 3.05) is 37.7 Å². The van der Waals surface area contributed by atoms with E-state index in [0.29, 0.717) is 24.6 Å². The fourth-order valence-electron chi connectivity index (χ4n) is 3.90. The van der Waals surface area contributed by atoms with E-state index in [4.69, 9.17) is 0 Å². The van der Waals surface area contributed by atoms with Gasteiger partial charge >= 0.3 is 0 Å². The van der Waals surface area contributed by atoms with Gasteiger partial charge in [-0.3, -0.25) is 9.80 Å². The number of benzene rings is 1. The Labute approximate surface area is 153 Å². The Morgan fingerprint density at radius 3 is 1.88 bits per heavy atom. The van der Waals surface area contributed by atoms with Crippen LogP contribution in [-0.4, -0.2) is 55.9 Å². The molecule has 0 radical (unpaired) electrons. The topological polar surface area (TPSA) is 40.6 Å². The first-order valence-corrected chi connectivity index (χ1v) is 11.4. The van der Waals surface area contributed by atoms with Crippen molar-refractivity contribution >= 4 is 9.84 Å². The van der Waals surface area contributed by atoms with Gasteiger partial charge in [0.25, 0.3) is 0 Å². The van der Waals surface area contributed by atoms with Crippen molar-refractivity contribution < 1.29 is 8.42 Å². The Kier molecular flexibility index (Phi) is 5.86. The van der Waals surface area contributed by atoms with Gasteiger partial charge in [0.15, 0.2) is 9.84 Å². The smallest absolute Gasteiger partial charge is 0.152 e. The molecule has 0 unspecified atom stereocenters. The summed E-state index contributed by atoms with van der Waals surface area (Å²) in [6.45, 7) is 12.4. The van der Waals surface area contributed by atoms with Crippen molar-refractivity contribution in [3.05, 3.63) is 34.4 Å². The summed E-state index contributed by atoms with van der Waals surface area (Å²) in [5, 5.41) is 0. The fraction of sp³-hybridized carbons (Fsp3) is 0.700. The maximum absolute atomic E-state index is 11.6. The zero-order chi connectivity index (χ0) is 18.0. The Morgan fingerprint density at radius 1 is 0.880 bits per heavy atom. The second-order valence-corrected chi connectivity index (χ2v) is 10.4. The van der Waals surface area contributed by atoms with Crippen molar-refractivity contribution in [3.63, 3.8) is 0 Å². The number of aryl methyl sites for hydroxylation is 2. The summed E-state index contributed by atoms with van der Waals surface area (Å²) in [5.41, 5.74) is 5.48. The van der Waals surface area contributed by atoms with Crippen LogP contribution < -0.4 is 0 Å². The molecule has 2 fully saturated rings. The van der Waals surface area contributed by atoms with Gasteiger partial charge in [-0.1, -0.05) is 19.1 Å². The molecule has 4 nitrogen and oxygen atoms in total. The van der Waals surface area contributed by atoms with Crippen LogP contribution in [0.3, 0.4) is 0 Å². The van der Waals surface area contributed by atoms with Crippen molar-refractivity contribution in [3.8, 4) is 0 Å². The summed E-state index contributed by atoms with van der Waals surface area (Å²) in [5.74, 6) is 1.47. The van der Waals surface area contributed by atoms with E-state index in [0.717, 1.165) is 19.0 Å². The predicted molar refractivity (Wildman–Crippen MR) is 104 cm³/mol. The molecule has 0 atom stereocenters. The highest BCUT2D eigenvalue weighted by Gasteiger charge is 2.22. The number of piperidine rings is 1. The average molecular weight is 365 g/mol. The molecule has 2 aliphatic heterocycles. The molecule has 2 saturated heterocycles. The molecule has 0 amide bonds. The second-order valence-electron chi connectivity index (χ2n) is 8.09. The molecule has 25 heavy (non-hydrogen) atoms. The van der Waals surface area contributed by atoms with Crippen LogP contribution in [0.5, 0.6) is 0 Å². The van der Waals surface area contributed by atoms with Gasteiger partial charge < -0.3 is 0 Å². The van der Waals surface area contributed by atoms with Crippen LogP contribution in [0.25, 0.3) is 0 Å². The third kappa shape index (κ3) is 5.05. The van der Waals surface area contributed by atoms with Crippen LogP contribution in [0.1, 0.15) is 42.0 Å². The first kappa shape index (κ1) is 18.9. The van der Waals surface area contributed by atoms with E-state index >= 15 is 0 Å². The summed E-state index contributed by atoms with van der Waals surface area (Å²) >= 11 is 0. The number of rotatable bonds is 4. The van der Waals surface area contributed by atoms with E-state index in [9.17, 15) is 8.42 Å². The van der Waals surface area contributed by atoms with E-state index in [1.54, 1.807) is 0 Å². The zero-order valence-corrected chi connectivity index (χ0v) is 16.7. The standard InChI is InChI=1S/C20H32N2O2S/c1-16-4-6-21(7-5-16)14-19-13-20(18(3)12-17(19)2)15-22-8-10-25(23,24)11-9-22/h12-13,16H,4-11,14-15H2,1-3H3. The third-order valence-electron chi connectivity index (χ3n) is 5.90. The molecule has 0 bridgehead atoms. The van der Waals surface area contributed by atoms with Gasteiger partial charge in [-0.25, -0.2) is 8.42 Å². The predicted octanol–water partition coefficient (Wildman–Crippen LogP) is 2.77. The Hall–Kier alpha value is -0.910. The van der Waals surface area contributed by atoms with Crippen molar-refractivity contribution in [2.45, 2.75) is 46.7 Å². The normalized spacial score (nSPS) is 23.0. The summed E-state index contributed by atoms with van der Waals surface area (Å²) in [4.78, 5) is 4.86. The van der Waals surface area contributed by atoms with Crippen LogP contribution in [0.2, 0.25) is 0 Å². The second kappa shape index (κ2) is 7.77. The largest absolute Gasteiger partial charge is 0.299 e. The molecule has 0 aromatic heterocycles. The van der Waals surface area contributed by atoms with Gasteiger partial charge in [0.05, 0.1) is 11.5 Å². The lowest BCUT2D eigenvalue weighted by molar-refractivity contribution is 0.185. The lowest BCUT2D eigenvalue weighted by Gasteiger charge is -2.31. The van der Waals surface area contributed by atoms with E-state index in [2.05, 4.69) is 42.7 Å². The Morgan fingerprint density at radius 2 is 1.36 bits per heavy atom. The molecule has 3 rings (SSSR count). The van der Waals surface area contributed by atoms with Crippen LogP contribution in [0.15, 0.2) is 12.1 Å². The third-order valence-corrected chi connectivity index (χ3v) is 7.50. The summed E-state index contributed by atoms with van der Waals surface area (Å²) < 4.78 is 23.3. The minimum Gasteiger partial charge on any atom is -0.299 e. The highest BCUT2D eigenvalue weighted by Crippen LogP contribution is 2.23. The lowest BCUT2D eigenvalue weighted by Crippen LogP contribution is -2.39. The lowest BCUT2D eigenvalue weighted by atomic mass is 9.96. The number of nitrogens with zero attached hydrogens (tertiary/aromatic N) is 2. The van der Waals surface area contributed by atoms with Gasteiger partial charge in [-0.2, -0.15) is 0 Å². The Balaban J connectivity index is 1.68. The molecule has 140 valence electrons. The Bertz CT molecular complexity index is 693. The van der Waals surface area contributed by atoms with Gasteiger partial charge in [0.1, 0.15) is 0 Å². The van der Waals surface area contributed by atoms with Gasteiger partial charge in [0.2, 0.25) is 0 Å². The molecule has 1 aromatic carbocycles. The molecule has 0 spiro atoms. The first-order valence-electron chi connectivity index (χ1n) is 9.56. The highest BCUT2D eigenvalue weighted by atomic mass is 32.2. The molecule has 0 N–H and O–H groups in total. The minimum atomic E-state index is -2.81. The monoisotopic (exact) mass is 364 g/mol. The molecule has 2 heterocycles. The summed E-state index contributed by atoms with van der Waals surface area (Å²) in [7, 11) is -2.81. The quantitative estimate of drug-likeness (QED) is 0.824. The van der Waals surface area contributed by atoms with Gasteiger partial charge in [-0.05, 0) is 68.0 Å². The minimum absolute atomic E-state index is 0.302. The van der Waals surface area contributed by atoms with Gasteiger partial charge in [0, 0.05) is 26.2 Å². The molecular formula is C20H32N2O2S. The number of sulfone groups is 1. The first-order chi connectivity index (χ1) is 11.8. The molecule has 0 aliphatic carbocycles. The molecule has 0 saturated carbocycles. The SMILES string of the molecule is Cc1cc(C)c(CN2CCS(=O)(=O)CC2)cc1CN1CCC(C)CC1. The van der Waals surface area contributed by atoms with Crippen LogP contribution >= 0.6 is 0 Å². The summed E-state index contributed by atoms with van der Waals surface area (Å²) in [6.07, 6.45) is 2.61. The van der Waals surface area contributed by atoms with Crippen LogP contribution in [-0.2, 0) is 22.9 Å². The van der Waals surface area contributed by atoms with Crippen molar-refractivity contribution in [1.82, 2.24) is 9.80 Å².